The molecule has 0 fully saturated rings. The zero-order chi connectivity index (χ0) is 11.7. The molecule has 0 saturated carbocycles. The van der Waals surface area contributed by atoms with E-state index in [0.29, 0.717) is 6.54 Å². The highest BCUT2D eigenvalue weighted by Gasteiger charge is 2.06. The van der Waals surface area contributed by atoms with E-state index in [2.05, 4.69) is 15.2 Å². The number of aromatic amines is 1. The molecule has 2 aromatic heterocycles. The van der Waals surface area contributed by atoms with Crippen LogP contribution in [0.5, 0.6) is 0 Å². The van der Waals surface area contributed by atoms with Gasteiger partial charge in [0.15, 0.2) is 12.0 Å². The molecule has 0 radical (unpaired) electrons. The first kappa shape index (κ1) is 10.0. The molecule has 0 spiro atoms. The quantitative estimate of drug-likeness (QED) is 0.715. The van der Waals surface area contributed by atoms with E-state index in [1.54, 1.807) is 0 Å². The molecular weight excluding hydrogens is 216 g/mol. The minimum absolute atomic E-state index is 0.614. The van der Waals surface area contributed by atoms with Crippen molar-refractivity contribution >= 4 is 11.1 Å². The Labute approximate surface area is 97.7 Å². The number of fused-ring (bicyclic) bond motifs is 1. The monoisotopic (exact) mass is 228 g/mol. The third kappa shape index (κ3) is 1.81. The SMILES string of the molecule is NCCc1cc(-c2ccc3ncoc3c2)n[nH]1. The average Bonchev–Trinajstić information content (AvgIpc) is 2.96. The Bertz CT molecular complexity index is 641. The van der Waals surface area contributed by atoms with Crippen LogP contribution in [-0.2, 0) is 6.42 Å². The summed E-state index contributed by atoms with van der Waals surface area (Å²) in [6, 6.07) is 7.84. The van der Waals surface area contributed by atoms with Gasteiger partial charge in [0.25, 0.3) is 0 Å². The lowest BCUT2D eigenvalue weighted by Gasteiger charge is -1.94. The van der Waals surface area contributed by atoms with Crippen molar-refractivity contribution in [1.29, 1.82) is 0 Å². The molecule has 0 aliphatic heterocycles. The summed E-state index contributed by atoms with van der Waals surface area (Å²) in [7, 11) is 0. The number of nitrogens with zero attached hydrogens (tertiary/aromatic N) is 2. The standard InChI is InChI=1S/C12H12N4O/c13-4-3-9-6-11(16-15-9)8-1-2-10-12(5-8)17-7-14-10/h1-2,5-7H,3-4,13H2,(H,15,16). The predicted molar refractivity (Wildman–Crippen MR) is 64.3 cm³/mol. The van der Waals surface area contributed by atoms with Crippen molar-refractivity contribution in [2.24, 2.45) is 5.73 Å². The van der Waals surface area contributed by atoms with Crippen LogP contribution in [0, 0.1) is 0 Å². The third-order valence-corrected chi connectivity index (χ3v) is 2.67. The maximum absolute atomic E-state index is 5.50. The van der Waals surface area contributed by atoms with Gasteiger partial charge in [0.05, 0.1) is 5.69 Å². The molecule has 17 heavy (non-hydrogen) atoms. The Morgan fingerprint density at radius 1 is 1.29 bits per heavy atom. The highest BCUT2D eigenvalue weighted by atomic mass is 16.3. The normalized spacial score (nSPS) is 11.1. The maximum Gasteiger partial charge on any atom is 0.181 e. The van der Waals surface area contributed by atoms with Crippen LogP contribution in [-0.4, -0.2) is 21.7 Å². The Hall–Kier alpha value is -2.14. The molecule has 0 aliphatic carbocycles. The van der Waals surface area contributed by atoms with E-state index in [9.17, 15) is 0 Å². The second-order valence-electron chi connectivity index (χ2n) is 3.85. The van der Waals surface area contributed by atoms with Crippen LogP contribution >= 0.6 is 0 Å². The first-order valence-corrected chi connectivity index (χ1v) is 5.45. The molecule has 0 saturated heterocycles. The van der Waals surface area contributed by atoms with Gasteiger partial charge in [-0.2, -0.15) is 5.10 Å². The first-order chi connectivity index (χ1) is 8.36. The lowest BCUT2D eigenvalue weighted by Crippen LogP contribution is -2.02. The fourth-order valence-electron chi connectivity index (χ4n) is 1.81. The molecular formula is C12H12N4O. The second kappa shape index (κ2) is 4.03. The number of aromatic nitrogens is 3. The fourth-order valence-corrected chi connectivity index (χ4v) is 1.81. The van der Waals surface area contributed by atoms with E-state index >= 15 is 0 Å². The van der Waals surface area contributed by atoms with Gasteiger partial charge in [-0.05, 0) is 24.7 Å². The predicted octanol–water partition coefficient (Wildman–Crippen LogP) is 1.72. The molecule has 0 atom stereocenters. The second-order valence-corrected chi connectivity index (χ2v) is 3.85. The topological polar surface area (TPSA) is 80.7 Å². The largest absolute Gasteiger partial charge is 0.443 e. The summed E-state index contributed by atoms with van der Waals surface area (Å²) in [5.41, 5.74) is 10.1. The van der Waals surface area contributed by atoms with E-state index in [-0.39, 0.29) is 0 Å². The van der Waals surface area contributed by atoms with Gasteiger partial charge in [-0.15, -0.1) is 0 Å². The van der Waals surface area contributed by atoms with Gasteiger partial charge in [0.1, 0.15) is 5.52 Å². The van der Waals surface area contributed by atoms with Crippen molar-refractivity contribution < 1.29 is 4.42 Å². The smallest absolute Gasteiger partial charge is 0.181 e. The number of nitrogens with one attached hydrogen (secondary N) is 1. The lowest BCUT2D eigenvalue weighted by atomic mass is 10.1. The molecule has 5 nitrogen and oxygen atoms in total. The van der Waals surface area contributed by atoms with Crippen molar-refractivity contribution in [2.75, 3.05) is 6.54 Å². The molecule has 2 heterocycles. The van der Waals surface area contributed by atoms with Gasteiger partial charge in [-0.1, -0.05) is 6.07 Å². The molecule has 0 aliphatic rings. The van der Waals surface area contributed by atoms with Crippen molar-refractivity contribution in [3.05, 3.63) is 36.4 Å². The first-order valence-electron chi connectivity index (χ1n) is 5.45. The van der Waals surface area contributed by atoms with E-state index in [1.807, 2.05) is 24.3 Å². The summed E-state index contributed by atoms with van der Waals surface area (Å²) in [6.45, 7) is 0.614. The molecule has 0 unspecified atom stereocenters. The summed E-state index contributed by atoms with van der Waals surface area (Å²) in [6.07, 6.45) is 2.25. The maximum atomic E-state index is 5.50. The minimum Gasteiger partial charge on any atom is -0.443 e. The molecule has 0 amide bonds. The van der Waals surface area contributed by atoms with Crippen LogP contribution in [0.15, 0.2) is 35.1 Å². The molecule has 3 rings (SSSR count). The third-order valence-electron chi connectivity index (χ3n) is 2.67. The van der Waals surface area contributed by atoms with Crippen molar-refractivity contribution in [1.82, 2.24) is 15.2 Å². The minimum atomic E-state index is 0.614. The van der Waals surface area contributed by atoms with E-state index in [4.69, 9.17) is 10.2 Å². The van der Waals surface area contributed by atoms with Crippen LogP contribution in [0.3, 0.4) is 0 Å². The molecule has 5 heteroatoms. The van der Waals surface area contributed by atoms with E-state index in [0.717, 1.165) is 34.5 Å². The van der Waals surface area contributed by atoms with Crippen molar-refractivity contribution in [3.63, 3.8) is 0 Å². The fraction of sp³-hybridized carbons (Fsp3) is 0.167. The highest BCUT2D eigenvalue weighted by Crippen LogP contribution is 2.22. The zero-order valence-corrected chi connectivity index (χ0v) is 9.18. The highest BCUT2D eigenvalue weighted by molar-refractivity contribution is 5.78. The molecule has 86 valence electrons. The Morgan fingerprint density at radius 2 is 2.24 bits per heavy atom. The Morgan fingerprint density at radius 3 is 3.12 bits per heavy atom. The molecule has 0 bridgehead atoms. The summed E-state index contributed by atoms with van der Waals surface area (Å²) < 4.78 is 5.27. The number of hydrogen-bond acceptors (Lipinski definition) is 4. The van der Waals surface area contributed by atoms with Crippen molar-refractivity contribution in [3.8, 4) is 11.3 Å². The number of hydrogen-bond donors (Lipinski definition) is 2. The van der Waals surface area contributed by atoms with Crippen LogP contribution in [0.2, 0.25) is 0 Å². The zero-order valence-electron chi connectivity index (χ0n) is 9.18. The molecule has 1 aromatic carbocycles. The lowest BCUT2D eigenvalue weighted by molar-refractivity contribution is 0.602. The number of oxazole rings is 1. The summed E-state index contributed by atoms with van der Waals surface area (Å²) in [5, 5.41) is 7.22. The van der Waals surface area contributed by atoms with Crippen LogP contribution in [0.1, 0.15) is 5.69 Å². The summed E-state index contributed by atoms with van der Waals surface area (Å²) >= 11 is 0. The molecule has 3 aromatic rings. The Balaban J connectivity index is 2.00. The number of rotatable bonds is 3. The Kier molecular flexibility index (Phi) is 2.38. The van der Waals surface area contributed by atoms with Crippen LogP contribution in [0.25, 0.3) is 22.4 Å². The van der Waals surface area contributed by atoms with E-state index < -0.39 is 0 Å². The van der Waals surface area contributed by atoms with Gasteiger partial charge < -0.3 is 10.2 Å². The van der Waals surface area contributed by atoms with Gasteiger partial charge in [-0.3, -0.25) is 5.10 Å². The van der Waals surface area contributed by atoms with Gasteiger partial charge in [-0.25, -0.2) is 4.98 Å². The number of nitrogens with two attached hydrogens (primary N) is 1. The summed E-state index contributed by atoms with van der Waals surface area (Å²) in [4.78, 5) is 4.08. The summed E-state index contributed by atoms with van der Waals surface area (Å²) in [5.74, 6) is 0. The van der Waals surface area contributed by atoms with Crippen LogP contribution in [0.4, 0.5) is 0 Å². The van der Waals surface area contributed by atoms with Gasteiger partial charge in [0, 0.05) is 17.7 Å². The molecule has 3 N–H and O–H groups in total. The van der Waals surface area contributed by atoms with E-state index in [1.165, 1.54) is 6.39 Å². The van der Waals surface area contributed by atoms with Gasteiger partial charge in [0.2, 0.25) is 0 Å². The van der Waals surface area contributed by atoms with Crippen LogP contribution < -0.4 is 5.73 Å². The van der Waals surface area contributed by atoms with Gasteiger partial charge >= 0.3 is 0 Å². The average molecular weight is 228 g/mol. The number of H-pyrrole nitrogens is 1. The van der Waals surface area contributed by atoms with Crippen molar-refractivity contribution in [2.45, 2.75) is 6.42 Å². The number of benzene rings is 1.